The van der Waals surface area contributed by atoms with E-state index >= 15 is 0 Å². The van der Waals surface area contributed by atoms with Gasteiger partial charge in [0.15, 0.2) is 0 Å². The Balaban J connectivity index is 2.41. The van der Waals surface area contributed by atoms with Crippen LogP contribution in [0.3, 0.4) is 0 Å². The predicted octanol–water partition coefficient (Wildman–Crippen LogP) is 4.65. The van der Waals surface area contributed by atoms with Gasteiger partial charge in [-0.15, -0.1) is 0 Å². The second-order valence-electron chi connectivity index (χ2n) is 5.35. The van der Waals surface area contributed by atoms with E-state index in [1.807, 2.05) is 32.0 Å². The van der Waals surface area contributed by atoms with Crippen LogP contribution >= 0.6 is 11.6 Å². The van der Waals surface area contributed by atoms with Gasteiger partial charge in [-0.2, -0.15) is 0 Å². The minimum absolute atomic E-state index is 0.226. The van der Waals surface area contributed by atoms with Crippen molar-refractivity contribution in [3.8, 4) is 5.69 Å². The molecule has 0 atom stereocenters. The highest BCUT2D eigenvalue weighted by Crippen LogP contribution is 2.21. The van der Waals surface area contributed by atoms with Crippen LogP contribution in [0.25, 0.3) is 16.5 Å². The number of halogens is 2. The highest BCUT2D eigenvalue weighted by Gasteiger charge is 2.11. The van der Waals surface area contributed by atoms with Crippen LogP contribution in [0, 0.1) is 12.7 Å². The van der Waals surface area contributed by atoms with Crippen LogP contribution in [0.4, 0.5) is 4.39 Å². The van der Waals surface area contributed by atoms with Crippen LogP contribution in [-0.2, 0) is 6.42 Å². The maximum Gasteiger partial charge on any atom is 0.263 e. The Labute approximate surface area is 132 Å². The van der Waals surface area contributed by atoms with Gasteiger partial charge >= 0.3 is 0 Å². The molecule has 1 heterocycles. The first-order valence-corrected chi connectivity index (χ1v) is 7.49. The van der Waals surface area contributed by atoms with E-state index in [1.54, 1.807) is 16.7 Å². The van der Waals surface area contributed by atoms with E-state index in [4.69, 9.17) is 11.6 Å². The van der Waals surface area contributed by atoms with Crippen LogP contribution in [-0.4, -0.2) is 4.57 Å². The number of nitrogens with zero attached hydrogens (tertiary/aromatic N) is 1. The molecule has 0 bridgehead atoms. The van der Waals surface area contributed by atoms with Crippen molar-refractivity contribution >= 4 is 22.4 Å². The molecule has 0 amide bonds. The lowest BCUT2D eigenvalue weighted by molar-refractivity contribution is 0.629. The van der Waals surface area contributed by atoms with Gasteiger partial charge in [-0.25, -0.2) is 4.39 Å². The first kappa shape index (κ1) is 14.8. The minimum atomic E-state index is -0.414. The summed E-state index contributed by atoms with van der Waals surface area (Å²) in [5, 5.41) is 1.69. The van der Waals surface area contributed by atoms with E-state index in [0.717, 1.165) is 16.6 Å². The summed E-state index contributed by atoms with van der Waals surface area (Å²) >= 11 is 6.12. The smallest absolute Gasteiger partial charge is 0.263 e. The molecule has 2 nitrogen and oxygen atoms in total. The maximum atomic E-state index is 13.5. The minimum Gasteiger partial charge on any atom is -0.281 e. The van der Waals surface area contributed by atoms with Crippen LogP contribution in [0.2, 0.25) is 5.02 Å². The van der Waals surface area contributed by atoms with Crippen molar-refractivity contribution in [1.82, 2.24) is 4.57 Å². The summed E-state index contributed by atoms with van der Waals surface area (Å²) in [5.74, 6) is -0.414. The third kappa shape index (κ3) is 2.53. The third-order valence-corrected chi connectivity index (χ3v) is 3.92. The fourth-order valence-electron chi connectivity index (χ4n) is 2.72. The average Bonchev–Trinajstić information content (AvgIpc) is 2.46. The lowest BCUT2D eigenvalue weighted by Crippen LogP contribution is -2.22. The predicted molar refractivity (Wildman–Crippen MR) is 88.6 cm³/mol. The molecule has 0 aliphatic heterocycles. The van der Waals surface area contributed by atoms with Gasteiger partial charge in [0.25, 0.3) is 5.56 Å². The zero-order valence-electron chi connectivity index (χ0n) is 12.4. The van der Waals surface area contributed by atoms with Gasteiger partial charge in [-0.05, 0) is 60.7 Å². The standard InChI is InChI=1S/C18H15ClFNO/c1-3-15-8-12-4-5-14(20)10-17(12)18(22)21(15)16-7-11(2)6-13(19)9-16/h4-10H,3H2,1-2H3. The van der Waals surface area contributed by atoms with Gasteiger partial charge in [0.05, 0.1) is 11.1 Å². The van der Waals surface area contributed by atoms with Crippen LogP contribution in [0.1, 0.15) is 18.2 Å². The molecule has 1 aromatic heterocycles. The highest BCUT2D eigenvalue weighted by molar-refractivity contribution is 6.30. The molecule has 0 aliphatic rings. The molecule has 0 radical (unpaired) electrons. The molecule has 2 aromatic carbocycles. The Hall–Kier alpha value is -2.13. The number of aryl methyl sites for hydroxylation is 2. The van der Waals surface area contributed by atoms with E-state index < -0.39 is 5.82 Å². The van der Waals surface area contributed by atoms with E-state index in [0.29, 0.717) is 22.5 Å². The SMILES string of the molecule is CCc1cc2ccc(F)cc2c(=O)n1-c1cc(C)cc(Cl)c1. The largest absolute Gasteiger partial charge is 0.281 e. The number of hydrogen-bond donors (Lipinski definition) is 0. The Bertz CT molecular complexity index is 910. The topological polar surface area (TPSA) is 22.0 Å². The normalized spacial score (nSPS) is 11.1. The second-order valence-corrected chi connectivity index (χ2v) is 5.78. The molecular weight excluding hydrogens is 301 g/mol. The van der Waals surface area contributed by atoms with Gasteiger partial charge in [0.2, 0.25) is 0 Å². The van der Waals surface area contributed by atoms with Crippen molar-refractivity contribution in [3.05, 3.63) is 74.9 Å². The van der Waals surface area contributed by atoms with E-state index in [2.05, 4.69) is 0 Å². The Morgan fingerprint density at radius 2 is 1.91 bits per heavy atom. The molecule has 3 rings (SSSR count). The Morgan fingerprint density at radius 3 is 2.59 bits per heavy atom. The van der Waals surface area contributed by atoms with E-state index in [9.17, 15) is 9.18 Å². The fraction of sp³-hybridized carbons (Fsp3) is 0.167. The van der Waals surface area contributed by atoms with Crippen molar-refractivity contribution in [2.45, 2.75) is 20.3 Å². The van der Waals surface area contributed by atoms with Crippen LogP contribution in [0.15, 0.2) is 47.3 Å². The molecule has 0 saturated carbocycles. The molecular formula is C18H15ClFNO. The molecule has 0 unspecified atom stereocenters. The number of benzene rings is 2. The van der Waals surface area contributed by atoms with Crippen molar-refractivity contribution in [1.29, 1.82) is 0 Å². The quantitative estimate of drug-likeness (QED) is 0.674. The van der Waals surface area contributed by atoms with Crippen molar-refractivity contribution in [2.75, 3.05) is 0 Å². The first-order chi connectivity index (χ1) is 10.5. The molecule has 0 spiro atoms. The van der Waals surface area contributed by atoms with E-state index in [1.165, 1.54) is 12.1 Å². The van der Waals surface area contributed by atoms with Gasteiger partial charge in [0.1, 0.15) is 5.82 Å². The first-order valence-electron chi connectivity index (χ1n) is 7.11. The number of aromatic nitrogens is 1. The molecule has 112 valence electrons. The summed E-state index contributed by atoms with van der Waals surface area (Å²) in [6.07, 6.45) is 0.689. The average molecular weight is 316 g/mol. The number of fused-ring (bicyclic) bond motifs is 1. The summed E-state index contributed by atoms with van der Waals surface area (Å²) < 4.78 is 15.1. The number of hydrogen-bond acceptors (Lipinski definition) is 1. The summed E-state index contributed by atoms with van der Waals surface area (Å²) in [6.45, 7) is 3.91. The Morgan fingerprint density at radius 1 is 1.14 bits per heavy atom. The van der Waals surface area contributed by atoms with Crippen molar-refractivity contribution < 1.29 is 4.39 Å². The molecule has 0 N–H and O–H groups in total. The molecule has 3 aromatic rings. The van der Waals surface area contributed by atoms with E-state index in [-0.39, 0.29) is 5.56 Å². The van der Waals surface area contributed by atoms with Crippen molar-refractivity contribution in [3.63, 3.8) is 0 Å². The molecule has 4 heteroatoms. The number of pyridine rings is 1. The van der Waals surface area contributed by atoms with Gasteiger partial charge in [0, 0.05) is 10.7 Å². The van der Waals surface area contributed by atoms with Crippen LogP contribution < -0.4 is 5.56 Å². The summed E-state index contributed by atoms with van der Waals surface area (Å²) in [5.41, 5.74) is 2.31. The Kier molecular flexibility index (Phi) is 3.75. The molecule has 22 heavy (non-hydrogen) atoms. The number of rotatable bonds is 2. The lowest BCUT2D eigenvalue weighted by Gasteiger charge is -2.14. The summed E-state index contributed by atoms with van der Waals surface area (Å²) in [6, 6.07) is 11.7. The fourth-order valence-corrected chi connectivity index (χ4v) is 3.01. The molecule has 0 fully saturated rings. The summed E-state index contributed by atoms with van der Waals surface area (Å²) in [7, 11) is 0. The molecule has 0 aliphatic carbocycles. The molecule has 0 saturated heterocycles. The van der Waals surface area contributed by atoms with Crippen LogP contribution in [0.5, 0.6) is 0 Å². The van der Waals surface area contributed by atoms with Gasteiger partial charge in [-0.3, -0.25) is 9.36 Å². The third-order valence-electron chi connectivity index (χ3n) is 3.71. The van der Waals surface area contributed by atoms with Gasteiger partial charge < -0.3 is 0 Å². The lowest BCUT2D eigenvalue weighted by atomic mass is 10.1. The zero-order valence-corrected chi connectivity index (χ0v) is 13.1. The van der Waals surface area contributed by atoms with Gasteiger partial charge in [-0.1, -0.05) is 24.6 Å². The maximum absolute atomic E-state index is 13.5. The zero-order chi connectivity index (χ0) is 15.9. The second kappa shape index (κ2) is 5.58. The highest BCUT2D eigenvalue weighted by atomic mass is 35.5. The van der Waals surface area contributed by atoms with Crippen molar-refractivity contribution in [2.24, 2.45) is 0 Å². The monoisotopic (exact) mass is 315 g/mol. The summed E-state index contributed by atoms with van der Waals surface area (Å²) in [4.78, 5) is 12.8.